The van der Waals surface area contributed by atoms with Crippen LogP contribution >= 0.6 is 0 Å². The van der Waals surface area contributed by atoms with Gasteiger partial charge < -0.3 is 20.4 Å². The Morgan fingerprint density at radius 3 is 2.74 bits per heavy atom. The van der Waals surface area contributed by atoms with E-state index < -0.39 is 0 Å². The number of ether oxygens (including phenoxy) is 2. The highest BCUT2D eigenvalue weighted by molar-refractivity contribution is 5.79. The molecule has 0 saturated heterocycles. The lowest BCUT2D eigenvalue weighted by atomic mass is 10.1. The Balaban J connectivity index is 2.40. The van der Waals surface area contributed by atoms with Gasteiger partial charge in [0.15, 0.2) is 11.5 Å². The molecule has 1 rings (SSSR count). The van der Waals surface area contributed by atoms with Crippen LogP contribution in [0.4, 0.5) is 0 Å². The number of oxime groups is 1. The van der Waals surface area contributed by atoms with Gasteiger partial charge in [-0.1, -0.05) is 18.1 Å². The minimum atomic E-state index is 0.255. The lowest BCUT2D eigenvalue weighted by molar-refractivity contribution is 0.286. The van der Waals surface area contributed by atoms with Crippen LogP contribution in [0.2, 0.25) is 0 Å². The summed E-state index contributed by atoms with van der Waals surface area (Å²) in [4.78, 5) is 0. The zero-order chi connectivity index (χ0) is 14.1. The average Bonchev–Trinajstić information content (AvgIpc) is 2.46. The highest BCUT2D eigenvalue weighted by Crippen LogP contribution is 2.28. The van der Waals surface area contributed by atoms with Gasteiger partial charge in [-0.25, -0.2) is 0 Å². The molecule has 0 bridgehead atoms. The van der Waals surface area contributed by atoms with Crippen molar-refractivity contribution in [2.75, 3.05) is 13.7 Å². The van der Waals surface area contributed by atoms with Gasteiger partial charge in [0.2, 0.25) is 0 Å². The van der Waals surface area contributed by atoms with Crippen LogP contribution in [-0.2, 0) is 6.42 Å². The van der Waals surface area contributed by atoms with E-state index in [4.69, 9.17) is 20.4 Å². The summed E-state index contributed by atoms with van der Waals surface area (Å²) in [6.07, 6.45) is 3.21. The number of methoxy groups -OCH3 is 1. The summed E-state index contributed by atoms with van der Waals surface area (Å²) >= 11 is 0. The highest BCUT2D eigenvalue weighted by Gasteiger charge is 2.05. The number of hydrogen-bond donors (Lipinski definition) is 2. The lowest BCUT2D eigenvalue weighted by Crippen LogP contribution is -2.11. The van der Waals surface area contributed by atoms with Crippen LogP contribution in [0.1, 0.15) is 31.7 Å². The Bertz CT molecular complexity index is 419. The monoisotopic (exact) mass is 266 g/mol. The average molecular weight is 266 g/mol. The van der Waals surface area contributed by atoms with Crippen molar-refractivity contribution in [3.63, 3.8) is 0 Å². The molecule has 0 aliphatic heterocycles. The first kappa shape index (κ1) is 15.1. The van der Waals surface area contributed by atoms with Gasteiger partial charge >= 0.3 is 0 Å². The first-order valence-electron chi connectivity index (χ1n) is 6.47. The summed E-state index contributed by atoms with van der Waals surface area (Å²) in [5.41, 5.74) is 6.60. The number of amidine groups is 1. The van der Waals surface area contributed by atoms with E-state index in [-0.39, 0.29) is 5.84 Å². The van der Waals surface area contributed by atoms with E-state index in [0.717, 1.165) is 30.8 Å². The van der Waals surface area contributed by atoms with Gasteiger partial charge in [0.1, 0.15) is 5.84 Å². The number of rotatable bonds is 8. The lowest BCUT2D eigenvalue weighted by Gasteiger charge is -2.11. The van der Waals surface area contributed by atoms with Crippen LogP contribution in [0.3, 0.4) is 0 Å². The van der Waals surface area contributed by atoms with Crippen LogP contribution in [0.15, 0.2) is 23.4 Å². The minimum Gasteiger partial charge on any atom is -0.493 e. The maximum Gasteiger partial charge on any atom is 0.161 e. The predicted octanol–water partition coefficient (Wildman–Crippen LogP) is 2.55. The molecule has 106 valence electrons. The van der Waals surface area contributed by atoms with Gasteiger partial charge in [0.05, 0.1) is 13.7 Å². The number of benzene rings is 1. The van der Waals surface area contributed by atoms with Crippen molar-refractivity contribution < 1.29 is 14.7 Å². The Morgan fingerprint density at radius 2 is 2.11 bits per heavy atom. The molecule has 5 nitrogen and oxygen atoms in total. The molecule has 0 heterocycles. The van der Waals surface area contributed by atoms with Crippen LogP contribution in [0.5, 0.6) is 11.5 Å². The molecule has 1 aromatic rings. The van der Waals surface area contributed by atoms with Crippen LogP contribution in [0, 0.1) is 0 Å². The van der Waals surface area contributed by atoms with Crippen LogP contribution < -0.4 is 15.2 Å². The van der Waals surface area contributed by atoms with E-state index in [9.17, 15) is 0 Å². The largest absolute Gasteiger partial charge is 0.493 e. The summed E-state index contributed by atoms with van der Waals surface area (Å²) in [6, 6.07) is 5.96. The fourth-order valence-corrected chi connectivity index (χ4v) is 1.69. The Labute approximate surface area is 114 Å². The van der Waals surface area contributed by atoms with E-state index in [1.807, 2.05) is 18.2 Å². The topological polar surface area (TPSA) is 77.1 Å². The predicted molar refractivity (Wildman–Crippen MR) is 75.1 cm³/mol. The summed E-state index contributed by atoms with van der Waals surface area (Å²) in [5, 5.41) is 11.3. The molecule has 3 N–H and O–H groups in total. The van der Waals surface area contributed by atoms with Gasteiger partial charge in [-0.3, -0.25) is 0 Å². The molecule has 0 amide bonds. The molecule has 0 aliphatic carbocycles. The molecule has 0 saturated carbocycles. The molecule has 0 radical (unpaired) electrons. The molecule has 0 aromatic heterocycles. The third-order valence-corrected chi connectivity index (χ3v) is 2.85. The van der Waals surface area contributed by atoms with Crippen molar-refractivity contribution >= 4 is 5.84 Å². The Hall–Kier alpha value is -1.91. The number of hydrogen-bond acceptors (Lipinski definition) is 4. The molecule has 0 fully saturated rings. The fraction of sp³-hybridized carbons (Fsp3) is 0.500. The van der Waals surface area contributed by atoms with E-state index in [2.05, 4.69) is 12.1 Å². The first-order chi connectivity index (χ1) is 9.21. The quantitative estimate of drug-likeness (QED) is 0.249. The number of aryl methyl sites for hydroxylation is 1. The second-order valence-corrected chi connectivity index (χ2v) is 4.24. The summed E-state index contributed by atoms with van der Waals surface area (Å²) in [5.74, 6) is 1.77. The molecule has 0 atom stereocenters. The third-order valence-electron chi connectivity index (χ3n) is 2.85. The fourth-order valence-electron chi connectivity index (χ4n) is 1.69. The summed E-state index contributed by atoms with van der Waals surface area (Å²) in [6.45, 7) is 2.68. The van der Waals surface area contributed by atoms with Gasteiger partial charge in [-0.15, -0.1) is 0 Å². The third kappa shape index (κ3) is 5.07. The molecular formula is C14H22N2O3. The summed E-state index contributed by atoms with van der Waals surface area (Å²) in [7, 11) is 1.64. The molecule has 5 heteroatoms. The highest BCUT2D eigenvalue weighted by atomic mass is 16.5. The SMILES string of the molecule is CCc1ccc(OCCCC/C(N)=N/O)c(OC)c1. The van der Waals surface area contributed by atoms with Gasteiger partial charge in [0.25, 0.3) is 0 Å². The first-order valence-corrected chi connectivity index (χ1v) is 6.47. The molecule has 1 aromatic carbocycles. The van der Waals surface area contributed by atoms with Gasteiger partial charge in [-0.05, 0) is 37.0 Å². The van der Waals surface area contributed by atoms with E-state index in [1.54, 1.807) is 7.11 Å². The van der Waals surface area contributed by atoms with E-state index in [0.29, 0.717) is 13.0 Å². The van der Waals surface area contributed by atoms with E-state index in [1.165, 1.54) is 5.56 Å². The van der Waals surface area contributed by atoms with Crippen molar-refractivity contribution in [2.45, 2.75) is 32.6 Å². The number of unbranched alkanes of at least 4 members (excludes halogenated alkanes) is 1. The Morgan fingerprint density at radius 1 is 1.32 bits per heavy atom. The van der Waals surface area contributed by atoms with Gasteiger partial charge in [0, 0.05) is 6.42 Å². The Kier molecular flexibility index (Phi) is 6.57. The molecular weight excluding hydrogens is 244 g/mol. The van der Waals surface area contributed by atoms with Crippen molar-refractivity contribution in [3.8, 4) is 11.5 Å². The van der Waals surface area contributed by atoms with E-state index >= 15 is 0 Å². The minimum absolute atomic E-state index is 0.255. The zero-order valence-electron chi connectivity index (χ0n) is 11.6. The van der Waals surface area contributed by atoms with Crippen molar-refractivity contribution in [1.82, 2.24) is 0 Å². The maximum absolute atomic E-state index is 8.40. The molecule has 0 spiro atoms. The summed E-state index contributed by atoms with van der Waals surface area (Å²) < 4.78 is 11.0. The van der Waals surface area contributed by atoms with Crippen molar-refractivity contribution in [1.29, 1.82) is 0 Å². The second kappa shape index (κ2) is 8.24. The van der Waals surface area contributed by atoms with Crippen molar-refractivity contribution in [2.24, 2.45) is 10.9 Å². The van der Waals surface area contributed by atoms with Crippen LogP contribution in [-0.4, -0.2) is 24.8 Å². The van der Waals surface area contributed by atoms with Crippen molar-refractivity contribution in [3.05, 3.63) is 23.8 Å². The standard InChI is InChI=1S/C14H22N2O3/c1-3-11-7-8-12(13(10-11)18-2)19-9-5-4-6-14(15)16-17/h7-8,10,17H,3-6,9H2,1-2H3,(H2,15,16). The maximum atomic E-state index is 8.40. The van der Waals surface area contributed by atoms with Crippen LogP contribution in [0.25, 0.3) is 0 Å². The smallest absolute Gasteiger partial charge is 0.161 e. The zero-order valence-corrected chi connectivity index (χ0v) is 11.6. The number of nitrogens with two attached hydrogens (primary N) is 1. The molecule has 19 heavy (non-hydrogen) atoms. The molecule has 0 aliphatic rings. The second-order valence-electron chi connectivity index (χ2n) is 4.24. The normalized spacial score (nSPS) is 11.4. The number of nitrogens with zero attached hydrogens (tertiary/aromatic N) is 1. The molecule has 0 unspecified atom stereocenters. The van der Waals surface area contributed by atoms with Gasteiger partial charge in [-0.2, -0.15) is 0 Å².